The summed E-state index contributed by atoms with van der Waals surface area (Å²) in [6, 6.07) is 0.168. The minimum absolute atomic E-state index is 0.0192. The number of rotatable bonds is 2. The normalized spacial score (nSPS) is 21.3. The maximum atomic E-state index is 11.6. The highest BCUT2D eigenvalue weighted by Crippen LogP contribution is 2.20. The van der Waals surface area contributed by atoms with Gasteiger partial charge in [0.1, 0.15) is 5.60 Å². The zero-order chi connectivity index (χ0) is 18.4. The Hall–Kier alpha value is -0.830. The second-order valence-corrected chi connectivity index (χ2v) is 9.11. The summed E-state index contributed by atoms with van der Waals surface area (Å²) < 4.78 is 5.21. The molecule has 0 spiro atoms. The maximum absolute atomic E-state index is 11.6. The fourth-order valence-corrected chi connectivity index (χ4v) is 2.55. The smallest absolute Gasteiger partial charge is 0.407 e. The van der Waals surface area contributed by atoms with Gasteiger partial charge in [-0.1, -0.05) is 27.7 Å². The summed E-state index contributed by atoms with van der Waals surface area (Å²) in [5, 5.41) is 2.82. The molecular formula is C17H35N2O3P. The number of hydrogen-bond donors (Lipinski definition) is 1. The third-order valence-corrected chi connectivity index (χ3v) is 3.36. The van der Waals surface area contributed by atoms with Crippen LogP contribution < -0.4 is 5.32 Å². The number of amides is 2. The van der Waals surface area contributed by atoms with Crippen LogP contribution in [0.2, 0.25) is 0 Å². The van der Waals surface area contributed by atoms with Crippen LogP contribution >= 0.6 is 9.24 Å². The van der Waals surface area contributed by atoms with Crippen LogP contribution in [0.25, 0.3) is 0 Å². The van der Waals surface area contributed by atoms with E-state index in [-0.39, 0.29) is 18.0 Å². The molecule has 5 nitrogen and oxygen atoms in total. The summed E-state index contributed by atoms with van der Waals surface area (Å²) in [6.45, 7) is 16.4. The standard InChI is InChI=1S/C12H23N2O3P.C5H12/c1-8(15)14-6-9(5-10(14)7-18)13-11(16)17-12(2,3)4;1-5(2,3)4/h9-10H,5-7,18H2,1-4H3,(H,13,16);1-4H3/t9-,10-;/m0./s1. The molecule has 2 amide bonds. The van der Waals surface area contributed by atoms with Crippen LogP contribution in [0.15, 0.2) is 0 Å². The summed E-state index contributed by atoms with van der Waals surface area (Å²) >= 11 is 0. The Labute approximate surface area is 144 Å². The van der Waals surface area contributed by atoms with E-state index in [2.05, 4.69) is 42.3 Å². The summed E-state index contributed by atoms with van der Waals surface area (Å²) in [6.07, 6.45) is 1.19. The number of hydrogen-bond acceptors (Lipinski definition) is 3. The molecule has 6 heteroatoms. The monoisotopic (exact) mass is 346 g/mol. The van der Waals surface area contributed by atoms with Crippen molar-refractivity contribution in [2.24, 2.45) is 5.41 Å². The summed E-state index contributed by atoms with van der Waals surface area (Å²) in [5.41, 5.74) is 0.00294. The molecule has 1 rings (SSSR count). The van der Waals surface area contributed by atoms with E-state index in [0.717, 1.165) is 12.6 Å². The molecule has 1 aliphatic heterocycles. The number of carbonyl (C=O) groups is 2. The van der Waals surface area contributed by atoms with E-state index in [9.17, 15) is 9.59 Å². The highest BCUT2D eigenvalue weighted by molar-refractivity contribution is 7.16. The van der Waals surface area contributed by atoms with Gasteiger partial charge in [-0.3, -0.25) is 4.79 Å². The van der Waals surface area contributed by atoms with Crippen LogP contribution in [-0.2, 0) is 9.53 Å². The minimum atomic E-state index is -0.497. The topological polar surface area (TPSA) is 58.6 Å². The van der Waals surface area contributed by atoms with Gasteiger partial charge in [0.15, 0.2) is 0 Å². The van der Waals surface area contributed by atoms with Crippen LogP contribution in [0.3, 0.4) is 0 Å². The molecule has 1 aliphatic rings. The molecule has 0 aliphatic carbocycles. The van der Waals surface area contributed by atoms with E-state index in [1.807, 2.05) is 20.8 Å². The van der Waals surface area contributed by atoms with Crippen LogP contribution in [0, 0.1) is 5.41 Å². The van der Waals surface area contributed by atoms with Crippen molar-refractivity contribution in [3.63, 3.8) is 0 Å². The lowest BCUT2D eigenvalue weighted by Gasteiger charge is -2.22. The lowest BCUT2D eigenvalue weighted by Crippen LogP contribution is -2.41. The van der Waals surface area contributed by atoms with Gasteiger partial charge in [-0.25, -0.2) is 4.79 Å². The van der Waals surface area contributed by atoms with Crippen LogP contribution in [0.5, 0.6) is 0 Å². The average Bonchev–Trinajstić information content (AvgIpc) is 2.67. The van der Waals surface area contributed by atoms with Crippen molar-refractivity contribution in [1.29, 1.82) is 0 Å². The lowest BCUT2D eigenvalue weighted by atomic mass is 10.0. The predicted molar refractivity (Wildman–Crippen MR) is 98.7 cm³/mol. The zero-order valence-corrected chi connectivity index (χ0v) is 17.2. The van der Waals surface area contributed by atoms with Gasteiger partial charge in [0.05, 0.1) is 6.04 Å². The molecule has 1 N–H and O–H groups in total. The Morgan fingerprint density at radius 3 is 1.96 bits per heavy atom. The molecular weight excluding hydrogens is 311 g/mol. The third-order valence-electron chi connectivity index (χ3n) is 2.81. The Morgan fingerprint density at radius 2 is 1.65 bits per heavy atom. The highest BCUT2D eigenvalue weighted by atomic mass is 31.0. The van der Waals surface area contributed by atoms with Crippen molar-refractivity contribution in [3.05, 3.63) is 0 Å². The molecule has 23 heavy (non-hydrogen) atoms. The minimum Gasteiger partial charge on any atom is -0.444 e. The second-order valence-electron chi connectivity index (χ2n) is 8.64. The Kier molecular flexibility index (Phi) is 8.54. The maximum Gasteiger partial charge on any atom is 0.407 e. The lowest BCUT2D eigenvalue weighted by molar-refractivity contribution is -0.129. The number of nitrogens with zero attached hydrogens (tertiary/aromatic N) is 1. The van der Waals surface area contributed by atoms with Gasteiger partial charge in [0, 0.05) is 19.5 Å². The van der Waals surface area contributed by atoms with Gasteiger partial charge >= 0.3 is 6.09 Å². The first-order valence-electron chi connectivity index (χ1n) is 8.19. The summed E-state index contributed by atoms with van der Waals surface area (Å²) in [4.78, 5) is 24.9. The number of ether oxygens (including phenoxy) is 1. The van der Waals surface area contributed by atoms with Gasteiger partial charge in [-0.05, 0) is 38.8 Å². The molecule has 0 saturated carbocycles. The number of nitrogens with one attached hydrogen (secondary N) is 1. The molecule has 0 radical (unpaired) electrons. The quantitative estimate of drug-likeness (QED) is 0.779. The Morgan fingerprint density at radius 1 is 1.17 bits per heavy atom. The molecule has 0 aromatic carbocycles. The SMILES string of the molecule is CC(=O)N1C[C@@H](NC(=O)OC(C)(C)C)C[C@H]1CP.CC(C)(C)C. The first-order valence-corrected chi connectivity index (χ1v) is 9.01. The van der Waals surface area contributed by atoms with E-state index in [1.165, 1.54) is 0 Å². The number of alkyl carbamates (subject to hydrolysis) is 1. The van der Waals surface area contributed by atoms with Crippen molar-refractivity contribution >= 4 is 21.2 Å². The Balaban J connectivity index is 0.000000841. The first-order chi connectivity index (χ1) is 10.2. The zero-order valence-electron chi connectivity index (χ0n) is 16.0. The molecule has 3 atom stereocenters. The van der Waals surface area contributed by atoms with Crippen molar-refractivity contribution in [1.82, 2.24) is 10.2 Å². The van der Waals surface area contributed by atoms with Gasteiger partial charge in [0.2, 0.25) is 5.91 Å². The van der Waals surface area contributed by atoms with Gasteiger partial charge in [0.25, 0.3) is 0 Å². The summed E-state index contributed by atoms with van der Waals surface area (Å²) in [7, 11) is 2.65. The molecule has 0 bridgehead atoms. The Bertz CT molecular complexity index is 394. The van der Waals surface area contributed by atoms with Crippen LogP contribution in [-0.4, -0.2) is 47.3 Å². The second kappa shape index (κ2) is 8.86. The van der Waals surface area contributed by atoms with E-state index in [1.54, 1.807) is 11.8 Å². The fourth-order valence-electron chi connectivity index (χ4n) is 2.10. The van der Waals surface area contributed by atoms with Gasteiger partial charge in [-0.2, -0.15) is 0 Å². The largest absolute Gasteiger partial charge is 0.444 e. The third kappa shape index (κ3) is 11.4. The average molecular weight is 346 g/mol. The molecule has 136 valence electrons. The van der Waals surface area contributed by atoms with E-state index in [0.29, 0.717) is 12.0 Å². The van der Waals surface area contributed by atoms with E-state index in [4.69, 9.17) is 4.74 Å². The van der Waals surface area contributed by atoms with Crippen LogP contribution in [0.1, 0.15) is 61.8 Å². The van der Waals surface area contributed by atoms with Crippen LogP contribution in [0.4, 0.5) is 4.79 Å². The first kappa shape index (κ1) is 22.2. The predicted octanol–water partition coefficient (Wildman–Crippen LogP) is 3.43. The van der Waals surface area contributed by atoms with Crippen molar-refractivity contribution < 1.29 is 14.3 Å². The van der Waals surface area contributed by atoms with Crippen molar-refractivity contribution in [3.8, 4) is 0 Å². The molecule has 1 unspecified atom stereocenters. The number of likely N-dealkylation sites (tertiary alicyclic amines) is 1. The van der Waals surface area contributed by atoms with E-state index < -0.39 is 11.7 Å². The van der Waals surface area contributed by atoms with E-state index >= 15 is 0 Å². The summed E-state index contributed by atoms with van der Waals surface area (Å²) in [5.74, 6) is 0.0518. The molecule has 1 saturated heterocycles. The van der Waals surface area contributed by atoms with Crippen molar-refractivity contribution in [2.45, 2.75) is 79.5 Å². The molecule has 1 fully saturated rings. The molecule has 0 aromatic heterocycles. The fraction of sp³-hybridized carbons (Fsp3) is 0.882. The molecule has 0 aromatic rings. The van der Waals surface area contributed by atoms with Crippen molar-refractivity contribution in [2.75, 3.05) is 12.7 Å². The molecule has 1 heterocycles. The number of carbonyl (C=O) groups excluding carboxylic acids is 2. The van der Waals surface area contributed by atoms with Gasteiger partial charge < -0.3 is 15.0 Å². The van der Waals surface area contributed by atoms with Gasteiger partial charge in [-0.15, -0.1) is 9.24 Å². The highest BCUT2D eigenvalue weighted by Gasteiger charge is 2.34.